The molecule has 0 radical (unpaired) electrons. The van der Waals surface area contributed by atoms with Crippen molar-refractivity contribution >= 4 is 11.9 Å². The first kappa shape index (κ1) is 24.3. The number of benzene rings is 1. The Kier molecular flexibility index (Phi) is 7.47. The van der Waals surface area contributed by atoms with Crippen LogP contribution in [0.5, 0.6) is 5.75 Å². The molecule has 5 heteroatoms. The maximum absolute atomic E-state index is 12.3. The van der Waals surface area contributed by atoms with Crippen molar-refractivity contribution < 1.29 is 24.2 Å². The number of esters is 2. The van der Waals surface area contributed by atoms with E-state index in [1.54, 1.807) is 0 Å². The van der Waals surface area contributed by atoms with E-state index in [1.807, 2.05) is 6.07 Å². The van der Waals surface area contributed by atoms with Crippen molar-refractivity contribution in [2.75, 3.05) is 0 Å². The summed E-state index contributed by atoms with van der Waals surface area (Å²) in [4.78, 5) is 24.3. The number of hydrogen-bond acceptors (Lipinski definition) is 5. The second-order valence-corrected chi connectivity index (χ2v) is 10.7. The van der Waals surface area contributed by atoms with Gasteiger partial charge in [0.05, 0.1) is 6.10 Å². The van der Waals surface area contributed by atoms with Gasteiger partial charge in [-0.1, -0.05) is 39.7 Å². The highest BCUT2D eigenvalue weighted by Crippen LogP contribution is 2.61. The third-order valence-corrected chi connectivity index (χ3v) is 8.63. The van der Waals surface area contributed by atoms with Crippen molar-refractivity contribution in [1.29, 1.82) is 0 Å². The molecule has 2 saturated carbocycles. The summed E-state index contributed by atoms with van der Waals surface area (Å²) in [5, 5.41) is 11.2. The molecule has 4 rings (SSSR count). The molecule has 0 spiro atoms. The van der Waals surface area contributed by atoms with Gasteiger partial charge in [-0.25, -0.2) is 0 Å². The molecule has 0 saturated heterocycles. The Bertz CT molecular complexity index is 864. The molecule has 182 valence electrons. The molecule has 3 aliphatic rings. The molecule has 33 heavy (non-hydrogen) atoms. The van der Waals surface area contributed by atoms with E-state index in [0.29, 0.717) is 36.3 Å². The van der Waals surface area contributed by atoms with Crippen LogP contribution in [0.25, 0.3) is 0 Å². The second kappa shape index (κ2) is 10.2. The maximum Gasteiger partial charge on any atom is 0.311 e. The fourth-order valence-corrected chi connectivity index (χ4v) is 6.75. The van der Waals surface area contributed by atoms with E-state index in [0.717, 1.165) is 57.8 Å². The van der Waals surface area contributed by atoms with Crippen molar-refractivity contribution in [1.82, 2.24) is 0 Å². The second-order valence-electron chi connectivity index (χ2n) is 10.7. The van der Waals surface area contributed by atoms with E-state index >= 15 is 0 Å². The van der Waals surface area contributed by atoms with Gasteiger partial charge in [0.15, 0.2) is 0 Å². The van der Waals surface area contributed by atoms with Crippen LogP contribution in [0.2, 0.25) is 0 Å². The van der Waals surface area contributed by atoms with Gasteiger partial charge in [0.25, 0.3) is 0 Å². The smallest absolute Gasteiger partial charge is 0.311 e. The first-order valence-corrected chi connectivity index (χ1v) is 13.1. The summed E-state index contributed by atoms with van der Waals surface area (Å²) < 4.78 is 11.4. The van der Waals surface area contributed by atoms with Crippen LogP contribution in [0.4, 0.5) is 0 Å². The van der Waals surface area contributed by atoms with Crippen LogP contribution in [0.1, 0.15) is 102 Å². The summed E-state index contributed by atoms with van der Waals surface area (Å²) in [6.45, 7) is 6.33. The van der Waals surface area contributed by atoms with Crippen LogP contribution < -0.4 is 4.74 Å². The number of aryl methyl sites for hydroxylation is 1. The SMILES string of the molecule is CCCCC(=O)Oc1ccc2c(c1)CC[C@@H]1[C@@H]2CC[C@]2(C)[C@@H](O)[C@H](OC(=O)CCCC)C[C@@H]12. The number of aliphatic hydroxyl groups excluding tert-OH is 1. The number of carbonyl (C=O) groups excluding carboxylic acids is 2. The summed E-state index contributed by atoms with van der Waals surface area (Å²) in [6, 6.07) is 6.16. The van der Waals surface area contributed by atoms with Gasteiger partial charge in [-0.3, -0.25) is 9.59 Å². The van der Waals surface area contributed by atoms with Gasteiger partial charge in [-0.15, -0.1) is 0 Å². The highest BCUT2D eigenvalue weighted by Gasteiger charge is 2.59. The van der Waals surface area contributed by atoms with E-state index < -0.39 is 6.10 Å². The lowest BCUT2D eigenvalue weighted by Gasteiger charge is -2.49. The molecule has 0 aromatic heterocycles. The van der Waals surface area contributed by atoms with Gasteiger partial charge in [-0.2, -0.15) is 0 Å². The molecule has 6 atom stereocenters. The standard InChI is InChI=1S/C28H40O5/c1-4-6-8-25(29)32-19-11-13-20-18(16-19)10-12-22-21(20)14-15-28(3)23(22)17-24(27(28)31)33-26(30)9-7-5-2/h11,13,16,21-24,27,31H,4-10,12,14-15,17H2,1-3H3/t21-,22-,23+,24-,27+,28+/m1/s1. The fraction of sp³-hybridized carbons (Fsp3) is 0.714. The summed E-state index contributed by atoms with van der Waals surface area (Å²) in [5.74, 6) is 1.63. The maximum atomic E-state index is 12.3. The molecule has 1 aromatic carbocycles. The Morgan fingerprint density at radius 2 is 1.82 bits per heavy atom. The van der Waals surface area contributed by atoms with Crippen LogP contribution >= 0.6 is 0 Å². The molecule has 0 aliphatic heterocycles. The van der Waals surface area contributed by atoms with Crippen LogP contribution in [-0.4, -0.2) is 29.3 Å². The minimum Gasteiger partial charge on any atom is -0.460 e. The molecule has 1 aromatic rings. The van der Waals surface area contributed by atoms with Gasteiger partial charge in [0.2, 0.25) is 0 Å². The van der Waals surface area contributed by atoms with Gasteiger partial charge >= 0.3 is 11.9 Å². The topological polar surface area (TPSA) is 72.8 Å². The lowest BCUT2D eigenvalue weighted by Crippen LogP contribution is -2.45. The first-order valence-electron chi connectivity index (χ1n) is 13.1. The zero-order valence-electron chi connectivity index (χ0n) is 20.5. The first-order chi connectivity index (χ1) is 15.9. The van der Waals surface area contributed by atoms with Gasteiger partial charge in [0, 0.05) is 18.3 Å². The van der Waals surface area contributed by atoms with Crippen LogP contribution in [0.3, 0.4) is 0 Å². The quantitative estimate of drug-likeness (QED) is 0.401. The van der Waals surface area contributed by atoms with Crippen LogP contribution in [-0.2, 0) is 20.7 Å². The van der Waals surface area contributed by atoms with Gasteiger partial charge < -0.3 is 14.6 Å². The number of unbranched alkanes of at least 4 members (excludes halogenated alkanes) is 2. The van der Waals surface area contributed by atoms with Crippen LogP contribution in [0, 0.1) is 17.3 Å². The number of fused-ring (bicyclic) bond motifs is 5. The highest BCUT2D eigenvalue weighted by atomic mass is 16.6. The van der Waals surface area contributed by atoms with E-state index in [-0.39, 0.29) is 23.5 Å². The number of hydrogen-bond donors (Lipinski definition) is 1. The van der Waals surface area contributed by atoms with E-state index in [4.69, 9.17) is 9.47 Å². The lowest BCUT2D eigenvalue weighted by atomic mass is 9.55. The Labute approximate surface area is 198 Å². The molecule has 0 bridgehead atoms. The predicted molar refractivity (Wildman–Crippen MR) is 127 cm³/mol. The Balaban J connectivity index is 1.46. The summed E-state index contributed by atoms with van der Waals surface area (Å²) in [6.07, 6.45) is 8.33. The van der Waals surface area contributed by atoms with E-state index in [1.165, 1.54) is 11.1 Å². The number of carbonyl (C=O) groups is 2. The largest absolute Gasteiger partial charge is 0.460 e. The van der Waals surface area contributed by atoms with Crippen molar-refractivity contribution in [3.63, 3.8) is 0 Å². The minimum atomic E-state index is -0.583. The Morgan fingerprint density at radius 1 is 1.09 bits per heavy atom. The average Bonchev–Trinajstić information content (AvgIpc) is 3.06. The van der Waals surface area contributed by atoms with Crippen molar-refractivity contribution in [3.05, 3.63) is 29.3 Å². The summed E-state index contributed by atoms with van der Waals surface area (Å²) in [7, 11) is 0. The lowest BCUT2D eigenvalue weighted by molar-refractivity contribution is -0.156. The Morgan fingerprint density at radius 3 is 2.55 bits per heavy atom. The zero-order valence-corrected chi connectivity index (χ0v) is 20.5. The molecule has 2 fully saturated rings. The number of ether oxygens (including phenoxy) is 2. The van der Waals surface area contributed by atoms with Gasteiger partial charge in [0.1, 0.15) is 11.9 Å². The molecule has 0 heterocycles. The zero-order chi connectivity index (χ0) is 23.6. The van der Waals surface area contributed by atoms with Crippen molar-refractivity contribution in [2.24, 2.45) is 17.3 Å². The number of aliphatic hydroxyl groups is 1. The van der Waals surface area contributed by atoms with E-state index in [2.05, 4.69) is 32.9 Å². The normalized spacial score (nSPS) is 32.4. The third-order valence-electron chi connectivity index (χ3n) is 8.63. The molecule has 5 nitrogen and oxygen atoms in total. The Hall–Kier alpha value is -1.88. The van der Waals surface area contributed by atoms with Crippen LogP contribution in [0.15, 0.2) is 18.2 Å². The summed E-state index contributed by atoms with van der Waals surface area (Å²) >= 11 is 0. The summed E-state index contributed by atoms with van der Waals surface area (Å²) in [5.41, 5.74) is 2.48. The molecular formula is C28H40O5. The average molecular weight is 457 g/mol. The van der Waals surface area contributed by atoms with E-state index in [9.17, 15) is 14.7 Å². The minimum absolute atomic E-state index is 0.154. The predicted octanol–water partition coefficient (Wildman–Crippen LogP) is 5.71. The third kappa shape index (κ3) is 4.84. The molecular weight excluding hydrogens is 416 g/mol. The van der Waals surface area contributed by atoms with Crippen molar-refractivity contribution in [2.45, 2.75) is 110 Å². The molecule has 0 amide bonds. The highest BCUT2D eigenvalue weighted by molar-refractivity contribution is 5.72. The van der Waals surface area contributed by atoms with Crippen molar-refractivity contribution in [3.8, 4) is 5.75 Å². The molecule has 0 unspecified atom stereocenters. The monoisotopic (exact) mass is 456 g/mol. The molecule has 3 aliphatic carbocycles. The van der Waals surface area contributed by atoms with Gasteiger partial charge in [-0.05, 0) is 86.0 Å². The fourth-order valence-electron chi connectivity index (χ4n) is 6.75. The number of rotatable bonds is 8. The molecule has 1 N–H and O–H groups in total.